The van der Waals surface area contributed by atoms with E-state index in [0.29, 0.717) is 25.7 Å². The number of carboxylic acids is 2. The van der Waals surface area contributed by atoms with Crippen LogP contribution in [0.5, 0.6) is 0 Å². The van der Waals surface area contributed by atoms with Crippen LogP contribution in [-0.4, -0.2) is 75.5 Å². The van der Waals surface area contributed by atoms with Gasteiger partial charge >= 0.3 is 11.9 Å². The number of nitrogens with one attached hydrogen (secondary N) is 2. The van der Waals surface area contributed by atoms with Crippen molar-refractivity contribution >= 4 is 29.7 Å². The topological polar surface area (TPSA) is 179 Å². The van der Waals surface area contributed by atoms with Gasteiger partial charge in [-0.15, -0.1) is 0 Å². The molecule has 1 fully saturated rings. The average Bonchev–Trinajstić information content (AvgIpc) is 3.19. The maximum Gasteiger partial charge on any atom is 0.326 e. The van der Waals surface area contributed by atoms with Crippen molar-refractivity contribution in [2.45, 2.75) is 84.0 Å². The van der Waals surface area contributed by atoms with Gasteiger partial charge in [0.15, 0.2) is 0 Å². The molecule has 0 aromatic heterocycles. The number of amides is 3. The van der Waals surface area contributed by atoms with Gasteiger partial charge in [-0.2, -0.15) is 0 Å². The molecule has 0 bridgehead atoms. The molecule has 11 nitrogen and oxygen atoms in total. The highest BCUT2D eigenvalue weighted by Crippen LogP contribution is 2.21. The van der Waals surface area contributed by atoms with Gasteiger partial charge in [0.2, 0.25) is 17.7 Å². The second kappa shape index (κ2) is 12.4. The molecule has 3 amide bonds. The number of aliphatic carboxylic acids is 2. The lowest BCUT2D eigenvalue weighted by Gasteiger charge is -2.31. The molecule has 182 valence electrons. The van der Waals surface area contributed by atoms with Crippen LogP contribution in [0, 0.1) is 11.8 Å². The first-order valence-corrected chi connectivity index (χ1v) is 11.0. The number of hydrogen-bond acceptors (Lipinski definition) is 6. The van der Waals surface area contributed by atoms with E-state index in [1.54, 1.807) is 6.92 Å². The Bertz CT molecular complexity index is 712. The van der Waals surface area contributed by atoms with Crippen molar-refractivity contribution in [1.29, 1.82) is 0 Å². The van der Waals surface area contributed by atoms with E-state index in [1.165, 1.54) is 4.90 Å². The summed E-state index contributed by atoms with van der Waals surface area (Å²) in [7, 11) is 0. The van der Waals surface area contributed by atoms with Gasteiger partial charge < -0.3 is 31.5 Å². The molecule has 1 aliphatic rings. The molecule has 0 aliphatic carbocycles. The molecule has 0 spiro atoms. The minimum absolute atomic E-state index is 0.123. The molecule has 32 heavy (non-hydrogen) atoms. The van der Waals surface area contributed by atoms with Crippen LogP contribution in [0.15, 0.2) is 0 Å². The van der Waals surface area contributed by atoms with E-state index in [0.717, 1.165) is 0 Å². The van der Waals surface area contributed by atoms with Crippen molar-refractivity contribution in [2.24, 2.45) is 17.6 Å². The van der Waals surface area contributed by atoms with Crippen molar-refractivity contribution < 1.29 is 34.2 Å². The maximum atomic E-state index is 13.1. The molecule has 5 atom stereocenters. The molecular weight excluding hydrogens is 420 g/mol. The number of carbonyl (C=O) groups is 5. The van der Waals surface area contributed by atoms with Crippen molar-refractivity contribution in [3.8, 4) is 0 Å². The highest BCUT2D eigenvalue weighted by Gasteiger charge is 2.40. The molecule has 0 aromatic rings. The van der Waals surface area contributed by atoms with E-state index in [2.05, 4.69) is 10.6 Å². The number of nitrogens with two attached hydrogens (primary N) is 1. The zero-order valence-electron chi connectivity index (χ0n) is 19.2. The van der Waals surface area contributed by atoms with Crippen molar-refractivity contribution in [3.63, 3.8) is 0 Å². The summed E-state index contributed by atoms with van der Waals surface area (Å²) in [6.45, 7) is 7.56. The lowest BCUT2D eigenvalue weighted by Crippen LogP contribution is -2.59. The Kier molecular flexibility index (Phi) is 10.6. The second-order valence-corrected chi connectivity index (χ2v) is 8.79. The summed E-state index contributed by atoms with van der Waals surface area (Å²) in [5, 5.41) is 23.5. The number of rotatable bonds is 12. The molecule has 0 aromatic carbocycles. The van der Waals surface area contributed by atoms with Gasteiger partial charge in [0.05, 0.1) is 12.5 Å². The first kappa shape index (κ1) is 27.3. The minimum atomic E-state index is -1.42. The van der Waals surface area contributed by atoms with Crippen molar-refractivity contribution in [2.75, 3.05) is 6.54 Å². The molecule has 1 heterocycles. The molecule has 0 saturated carbocycles. The van der Waals surface area contributed by atoms with Gasteiger partial charge in [-0.3, -0.25) is 19.2 Å². The maximum absolute atomic E-state index is 13.1. The smallest absolute Gasteiger partial charge is 0.326 e. The predicted molar refractivity (Wildman–Crippen MR) is 115 cm³/mol. The molecule has 0 radical (unpaired) electrons. The van der Waals surface area contributed by atoms with Gasteiger partial charge in [-0.05, 0) is 31.1 Å². The largest absolute Gasteiger partial charge is 0.481 e. The van der Waals surface area contributed by atoms with Crippen LogP contribution in [0.1, 0.15) is 59.8 Å². The van der Waals surface area contributed by atoms with Gasteiger partial charge in [0.25, 0.3) is 0 Å². The summed E-state index contributed by atoms with van der Waals surface area (Å²) >= 11 is 0. The van der Waals surface area contributed by atoms with E-state index in [-0.39, 0.29) is 18.4 Å². The number of carbonyl (C=O) groups excluding carboxylic acids is 3. The lowest BCUT2D eigenvalue weighted by molar-refractivity contribution is -0.150. The third-order valence-corrected chi connectivity index (χ3v) is 5.67. The molecular formula is C21H36N4O7. The van der Waals surface area contributed by atoms with Crippen molar-refractivity contribution in [1.82, 2.24) is 15.5 Å². The molecule has 1 aliphatic heterocycles. The Balaban J connectivity index is 3.03. The number of nitrogens with zero attached hydrogens (tertiary/aromatic N) is 1. The molecule has 5 unspecified atom stereocenters. The van der Waals surface area contributed by atoms with Crippen LogP contribution in [-0.2, 0) is 24.0 Å². The quantitative estimate of drug-likeness (QED) is 0.270. The summed E-state index contributed by atoms with van der Waals surface area (Å²) < 4.78 is 0. The van der Waals surface area contributed by atoms with Gasteiger partial charge in [0, 0.05) is 6.54 Å². The summed E-state index contributed by atoms with van der Waals surface area (Å²) in [6.07, 6.45) is 1.04. The van der Waals surface area contributed by atoms with Crippen LogP contribution in [0.25, 0.3) is 0 Å². The van der Waals surface area contributed by atoms with E-state index < -0.39 is 60.2 Å². The fourth-order valence-corrected chi connectivity index (χ4v) is 3.68. The number of likely N-dealkylation sites (tertiary alicyclic amines) is 1. The van der Waals surface area contributed by atoms with E-state index in [9.17, 15) is 34.2 Å². The monoisotopic (exact) mass is 456 g/mol. The fraction of sp³-hybridized carbons (Fsp3) is 0.762. The molecule has 1 saturated heterocycles. The second-order valence-electron chi connectivity index (χ2n) is 8.79. The molecule has 1 rings (SSSR count). The zero-order chi connectivity index (χ0) is 24.6. The van der Waals surface area contributed by atoms with Crippen LogP contribution >= 0.6 is 0 Å². The summed E-state index contributed by atoms with van der Waals surface area (Å²) in [5.74, 6) is -4.66. The van der Waals surface area contributed by atoms with Crippen molar-refractivity contribution in [3.05, 3.63) is 0 Å². The zero-order valence-corrected chi connectivity index (χ0v) is 19.2. The summed E-state index contributed by atoms with van der Waals surface area (Å²) in [6, 6.07) is -4.35. The minimum Gasteiger partial charge on any atom is -0.481 e. The van der Waals surface area contributed by atoms with Gasteiger partial charge in [-0.25, -0.2) is 4.79 Å². The SMILES string of the molecule is CCC(C)C(NC(=O)C(CC(=O)O)NC(=O)C(N)CC(C)C)C(=O)N1CCCC1C(=O)O. The molecule has 11 heteroatoms. The first-order chi connectivity index (χ1) is 14.9. The summed E-state index contributed by atoms with van der Waals surface area (Å²) in [5.41, 5.74) is 5.84. The highest BCUT2D eigenvalue weighted by molar-refractivity contribution is 5.95. The lowest BCUT2D eigenvalue weighted by atomic mass is 9.96. The predicted octanol–water partition coefficient (Wildman–Crippen LogP) is -0.0742. The van der Waals surface area contributed by atoms with E-state index >= 15 is 0 Å². The number of hydrogen-bond donors (Lipinski definition) is 5. The average molecular weight is 457 g/mol. The number of carboxylic acid groups (broad SMARTS) is 2. The van der Waals surface area contributed by atoms with Gasteiger partial charge in [-0.1, -0.05) is 34.1 Å². The van der Waals surface area contributed by atoms with Gasteiger partial charge in [0.1, 0.15) is 18.1 Å². The standard InChI is InChI=1S/C21H36N4O7/c1-5-12(4)17(20(30)25-8-6-7-15(25)21(31)32)24-19(29)14(10-16(26)27)23-18(28)13(22)9-11(2)3/h11-15,17H,5-10,22H2,1-4H3,(H,23,28)(H,24,29)(H,26,27)(H,31,32). The Morgan fingerprint density at radius 2 is 1.69 bits per heavy atom. The van der Waals surface area contributed by atoms with E-state index in [1.807, 2.05) is 20.8 Å². The fourth-order valence-electron chi connectivity index (χ4n) is 3.68. The van der Waals surface area contributed by atoms with Crippen LogP contribution in [0.3, 0.4) is 0 Å². The first-order valence-electron chi connectivity index (χ1n) is 11.0. The Morgan fingerprint density at radius 3 is 2.19 bits per heavy atom. The normalized spacial score (nSPS) is 19.7. The Hall–Kier alpha value is -2.69. The molecule has 6 N–H and O–H groups in total. The van der Waals surface area contributed by atoms with Crippen LogP contribution in [0.4, 0.5) is 0 Å². The van der Waals surface area contributed by atoms with Crippen LogP contribution in [0.2, 0.25) is 0 Å². The summed E-state index contributed by atoms with van der Waals surface area (Å²) in [4.78, 5) is 62.4. The Morgan fingerprint density at radius 1 is 1.06 bits per heavy atom. The third kappa shape index (κ3) is 7.77. The highest BCUT2D eigenvalue weighted by atomic mass is 16.4. The van der Waals surface area contributed by atoms with Crippen LogP contribution < -0.4 is 16.4 Å². The third-order valence-electron chi connectivity index (χ3n) is 5.67. The Labute approximate surface area is 188 Å². The van der Waals surface area contributed by atoms with E-state index in [4.69, 9.17) is 5.73 Å².